The monoisotopic (exact) mass is 287 g/mol. The first kappa shape index (κ1) is 15.7. The van der Waals surface area contributed by atoms with Crippen LogP contribution >= 0.6 is 11.6 Å². The van der Waals surface area contributed by atoms with E-state index in [0.717, 1.165) is 0 Å². The molecule has 1 aromatic heterocycles. The van der Waals surface area contributed by atoms with E-state index in [4.69, 9.17) is 21.1 Å². The van der Waals surface area contributed by atoms with Crippen molar-refractivity contribution in [3.63, 3.8) is 0 Å². The minimum atomic E-state index is -0.593. The van der Waals surface area contributed by atoms with Gasteiger partial charge in [0.2, 0.25) is 0 Å². The zero-order chi connectivity index (χ0) is 14.5. The van der Waals surface area contributed by atoms with Crippen molar-refractivity contribution in [3.05, 3.63) is 17.0 Å². The summed E-state index contributed by atoms with van der Waals surface area (Å²) < 4.78 is 10.3. The van der Waals surface area contributed by atoms with Crippen molar-refractivity contribution in [2.75, 3.05) is 11.9 Å². The third kappa shape index (κ3) is 6.35. The van der Waals surface area contributed by atoms with Crippen molar-refractivity contribution >= 4 is 23.5 Å². The molecule has 7 heteroatoms. The van der Waals surface area contributed by atoms with E-state index in [1.54, 1.807) is 20.8 Å². The number of anilines is 1. The van der Waals surface area contributed by atoms with Crippen LogP contribution in [-0.4, -0.2) is 28.3 Å². The second-order valence-electron chi connectivity index (χ2n) is 4.76. The Bertz CT molecular complexity index is 446. The Morgan fingerprint density at radius 2 is 2.11 bits per heavy atom. The number of hydrogen-bond donors (Lipinski definition) is 1. The van der Waals surface area contributed by atoms with Crippen molar-refractivity contribution in [2.45, 2.75) is 39.9 Å². The summed E-state index contributed by atoms with van der Waals surface area (Å²) in [6, 6.07) is 1.45. The van der Waals surface area contributed by atoms with Crippen LogP contribution < -0.4 is 5.32 Å². The average Bonchev–Trinajstić information content (AvgIpc) is 2.22. The molecule has 0 fully saturated rings. The SMILES string of the molecule is CCOCc1nc(Cl)cc(NC(=O)OC(C)(C)C)n1. The van der Waals surface area contributed by atoms with E-state index in [9.17, 15) is 4.79 Å². The molecule has 0 bridgehead atoms. The fourth-order valence-corrected chi connectivity index (χ4v) is 1.40. The Hall–Kier alpha value is -1.40. The first-order valence-corrected chi connectivity index (χ1v) is 6.29. The van der Waals surface area contributed by atoms with Gasteiger partial charge < -0.3 is 9.47 Å². The fourth-order valence-electron chi connectivity index (χ4n) is 1.19. The number of aromatic nitrogens is 2. The smallest absolute Gasteiger partial charge is 0.413 e. The highest BCUT2D eigenvalue weighted by molar-refractivity contribution is 6.29. The Labute approximate surface area is 117 Å². The summed E-state index contributed by atoms with van der Waals surface area (Å²) >= 11 is 5.85. The summed E-state index contributed by atoms with van der Waals surface area (Å²) in [5.74, 6) is 0.685. The highest BCUT2D eigenvalue weighted by Crippen LogP contribution is 2.14. The van der Waals surface area contributed by atoms with Gasteiger partial charge in [-0.2, -0.15) is 0 Å². The highest BCUT2D eigenvalue weighted by atomic mass is 35.5. The zero-order valence-electron chi connectivity index (χ0n) is 11.5. The Morgan fingerprint density at radius 3 is 2.68 bits per heavy atom. The lowest BCUT2D eigenvalue weighted by Gasteiger charge is -2.19. The normalized spacial score (nSPS) is 11.2. The second kappa shape index (κ2) is 6.68. The molecule has 0 aliphatic heterocycles. The van der Waals surface area contributed by atoms with Gasteiger partial charge in [0.25, 0.3) is 0 Å². The topological polar surface area (TPSA) is 73.3 Å². The number of nitrogens with one attached hydrogen (secondary N) is 1. The third-order valence-electron chi connectivity index (χ3n) is 1.81. The van der Waals surface area contributed by atoms with Crippen LogP contribution in [-0.2, 0) is 16.1 Å². The van der Waals surface area contributed by atoms with Gasteiger partial charge in [0.05, 0.1) is 0 Å². The van der Waals surface area contributed by atoms with Crippen LogP contribution in [0.4, 0.5) is 10.6 Å². The van der Waals surface area contributed by atoms with Gasteiger partial charge in [-0.15, -0.1) is 0 Å². The molecule has 0 saturated heterocycles. The summed E-state index contributed by atoms with van der Waals surface area (Å²) in [6.07, 6.45) is -0.593. The Balaban J connectivity index is 2.72. The fraction of sp³-hybridized carbons (Fsp3) is 0.583. The quantitative estimate of drug-likeness (QED) is 0.862. The van der Waals surface area contributed by atoms with Crippen LogP contribution in [0.15, 0.2) is 6.07 Å². The van der Waals surface area contributed by atoms with Crippen LogP contribution in [0.5, 0.6) is 0 Å². The van der Waals surface area contributed by atoms with Gasteiger partial charge in [-0.25, -0.2) is 14.8 Å². The van der Waals surface area contributed by atoms with Gasteiger partial charge >= 0.3 is 6.09 Å². The molecule has 0 saturated carbocycles. The molecule has 0 spiro atoms. The summed E-state index contributed by atoms with van der Waals surface area (Å²) in [5, 5.41) is 2.74. The molecule has 1 rings (SSSR count). The molecule has 19 heavy (non-hydrogen) atoms. The van der Waals surface area contributed by atoms with Gasteiger partial charge in [-0.05, 0) is 27.7 Å². The van der Waals surface area contributed by atoms with Crippen LogP contribution in [0.3, 0.4) is 0 Å². The van der Waals surface area contributed by atoms with E-state index in [0.29, 0.717) is 12.4 Å². The molecular weight excluding hydrogens is 270 g/mol. The van der Waals surface area contributed by atoms with Gasteiger partial charge in [-0.3, -0.25) is 5.32 Å². The summed E-state index contributed by atoms with van der Waals surface area (Å²) in [5.41, 5.74) is -0.574. The zero-order valence-corrected chi connectivity index (χ0v) is 12.2. The molecule has 0 atom stereocenters. The molecule has 0 unspecified atom stereocenters. The maximum atomic E-state index is 11.6. The van der Waals surface area contributed by atoms with E-state index >= 15 is 0 Å². The van der Waals surface area contributed by atoms with Gasteiger partial charge in [0.1, 0.15) is 23.2 Å². The van der Waals surface area contributed by atoms with Crippen LogP contribution in [0.25, 0.3) is 0 Å². The number of amides is 1. The minimum absolute atomic E-state index is 0.232. The molecule has 1 N–H and O–H groups in total. The van der Waals surface area contributed by atoms with Crippen molar-refractivity contribution in [3.8, 4) is 0 Å². The predicted molar refractivity (Wildman–Crippen MR) is 72.2 cm³/mol. The first-order valence-electron chi connectivity index (χ1n) is 5.91. The van der Waals surface area contributed by atoms with Crippen LogP contribution in [0.2, 0.25) is 5.15 Å². The molecule has 6 nitrogen and oxygen atoms in total. The van der Waals surface area contributed by atoms with E-state index in [2.05, 4.69) is 15.3 Å². The summed E-state index contributed by atoms with van der Waals surface area (Å²) in [7, 11) is 0. The van der Waals surface area contributed by atoms with E-state index < -0.39 is 11.7 Å². The second-order valence-corrected chi connectivity index (χ2v) is 5.14. The number of halogens is 1. The summed E-state index contributed by atoms with van der Waals surface area (Å²) in [4.78, 5) is 19.7. The summed E-state index contributed by atoms with van der Waals surface area (Å²) in [6.45, 7) is 7.98. The number of carbonyl (C=O) groups excluding carboxylic acids is 1. The largest absolute Gasteiger partial charge is 0.444 e. The molecule has 106 valence electrons. The molecule has 0 aromatic carbocycles. The van der Waals surface area contributed by atoms with E-state index in [1.165, 1.54) is 6.07 Å². The number of carbonyl (C=O) groups is 1. The molecule has 0 aliphatic carbocycles. The maximum Gasteiger partial charge on any atom is 0.413 e. The van der Waals surface area contributed by atoms with Crippen molar-refractivity contribution in [2.24, 2.45) is 0 Å². The lowest BCUT2D eigenvalue weighted by molar-refractivity contribution is 0.0635. The molecule has 0 radical (unpaired) electrons. The lowest BCUT2D eigenvalue weighted by Crippen LogP contribution is -2.27. The minimum Gasteiger partial charge on any atom is -0.444 e. The van der Waals surface area contributed by atoms with E-state index in [1.807, 2.05) is 6.92 Å². The predicted octanol–water partition coefficient (Wildman–Crippen LogP) is 3.01. The number of hydrogen-bond acceptors (Lipinski definition) is 5. The van der Waals surface area contributed by atoms with Crippen LogP contribution in [0.1, 0.15) is 33.5 Å². The van der Waals surface area contributed by atoms with Crippen molar-refractivity contribution in [1.29, 1.82) is 0 Å². The maximum absolute atomic E-state index is 11.6. The number of rotatable bonds is 4. The number of ether oxygens (including phenoxy) is 2. The molecule has 1 aromatic rings. The average molecular weight is 288 g/mol. The molecule has 0 aliphatic rings. The molecular formula is C12H18ClN3O3. The van der Waals surface area contributed by atoms with Gasteiger partial charge in [0, 0.05) is 12.7 Å². The van der Waals surface area contributed by atoms with E-state index in [-0.39, 0.29) is 17.6 Å². The first-order chi connectivity index (χ1) is 8.80. The molecule has 1 heterocycles. The van der Waals surface area contributed by atoms with Crippen molar-refractivity contribution in [1.82, 2.24) is 9.97 Å². The van der Waals surface area contributed by atoms with Gasteiger partial charge in [-0.1, -0.05) is 11.6 Å². The Morgan fingerprint density at radius 1 is 1.42 bits per heavy atom. The Kier molecular flexibility index (Phi) is 5.50. The van der Waals surface area contributed by atoms with Gasteiger partial charge in [0.15, 0.2) is 5.82 Å². The van der Waals surface area contributed by atoms with Crippen molar-refractivity contribution < 1.29 is 14.3 Å². The standard InChI is InChI=1S/C12H18ClN3O3/c1-5-18-7-10-14-8(13)6-9(15-10)16-11(17)19-12(2,3)4/h6H,5,7H2,1-4H3,(H,14,15,16,17). The highest BCUT2D eigenvalue weighted by Gasteiger charge is 2.17. The lowest BCUT2D eigenvalue weighted by atomic mass is 10.2. The number of nitrogens with zero attached hydrogens (tertiary/aromatic N) is 2. The molecule has 1 amide bonds. The van der Waals surface area contributed by atoms with Crippen LogP contribution in [0, 0.1) is 0 Å². The third-order valence-corrected chi connectivity index (χ3v) is 2.00.